The Labute approximate surface area is 180 Å². The first-order valence-electron chi connectivity index (χ1n) is 10.2. The Bertz CT molecular complexity index is 1320. The Balaban J connectivity index is 1.46. The van der Waals surface area contributed by atoms with Crippen LogP contribution in [0.3, 0.4) is 0 Å². The fourth-order valence-electron chi connectivity index (χ4n) is 3.50. The molecule has 2 aromatic heterocycles. The summed E-state index contributed by atoms with van der Waals surface area (Å²) in [6, 6.07) is 13.6. The van der Waals surface area contributed by atoms with Gasteiger partial charge in [-0.05, 0) is 55.2 Å². The lowest BCUT2D eigenvalue weighted by atomic mass is 10.1. The zero-order valence-corrected chi connectivity index (χ0v) is 17.9. The van der Waals surface area contributed by atoms with E-state index in [0.717, 1.165) is 22.3 Å². The second-order valence-electron chi connectivity index (χ2n) is 7.76. The SMILES string of the molecule is Cc1ccc(C(=O)NCCn2ncc3c(=O)n(Cc4ccccc4C)cnc32)cc1C. The van der Waals surface area contributed by atoms with Crippen LogP contribution in [0.1, 0.15) is 32.6 Å². The van der Waals surface area contributed by atoms with Crippen LogP contribution in [0.5, 0.6) is 0 Å². The fourth-order valence-corrected chi connectivity index (χ4v) is 3.50. The first-order chi connectivity index (χ1) is 14.9. The zero-order valence-electron chi connectivity index (χ0n) is 17.9. The average Bonchev–Trinajstić information content (AvgIpc) is 3.17. The average molecular weight is 415 g/mol. The Morgan fingerprint density at radius 1 is 1.03 bits per heavy atom. The van der Waals surface area contributed by atoms with Crippen molar-refractivity contribution < 1.29 is 4.79 Å². The molecule has 7 heteroatoms. The van der Waals surface area contributed by atoms with Crippen molar-refractivity contribution in [2.75, 3.05) is 6.54 Å². The van der Waals surface area contributed by atoms with Gasteiger partial charge in [0.15, 0.2) is 5.65 Å². The van der Waals surface area contributed by atoms with Crippen molar-refractivity contribution in [2.24, 2.45) is 0 Å². The Morgan fingerprint density at radius 2 is 1.84 bits per heavy atom. The summed E-state index contributed by atoms with van der Waals surface area (Å²) in [7, 11) is 0. The molecule has 0 aliphatic carbocycles. The quantitative estimate of drug-likeness (QED) is 0.525. The number of rotatable bonds is 6. The second-order valence-corrected chi connectivity index (χ2v) is 7.76. The minimum Gasteiger partial charge on any atom is -0.350 e. The van der Waals surface area contributed by atoms with E-state index < -0.39 is 0 Å². The molecule has 0 bridgehead atoms. The summed E-state index contributed by atoms with van der Waals surface area (Å²) < 4.78 is 3.24. The molecule has 0 spiro atoms. The van der Waals surface area contributed by atoms with E-state index in [0.29, 0.717) is 36.2 Å². The normalized spacial score (nSPS) is 11.1. The lowest BCUT2D eigenvalue weighted by Crippen LogP contribution is -2.28. The number of hydrogen-bond donors (Lipinski definition) is 1. The lowest BCUT2D eigenvalue weighted by Gasteiger charge is -2.09. The number of benzene rings is 2. The Morgan fingerprint density at radius 3 is 2.61 bits per heavy atom. The monoisotopic (exact) mass is 415 g/mol. The van der Waals surface area contributed by atoms with E-state index in [4.69, 9.17) is 0 Å². The molecule has 0 radical (unpaired) electrons. The molecular weight excluding hydrogens is 390 g/mol. The molecule has 1 amide bonds. The highest BCUT2D eigenvalue weighted by Gasteiger charge is 2.12. The van der Waals surface area contributed by atoms with Gasteiger partial charge in [-0.15, -0.1) is 0 Å². The maximum atomic E-state index is 12.9. The molecular formula is C24H25N5O2. The van der Waals surface area contributed by atoms with Crippen LogP contribution in [0, 0.1) is 20.8 Å². The van der Waals surface area contributed by atoms with Crippen molar-refractivity contribution in [2.45, 2.75) is 33.9 Å². The number of aryl methyl sites for hydroxylation is 3. The molecule has 1 N–H and O–H groups in total. The molecule has 7 nitrogen and oxygen atoms in total. The number of hydrogen-bond acceptors (Lipinski definition) is 4. The van der Waals surface area contributed by atoms with Gasteiger partial charge in [0.2, 0.25) is 0 Å². The van der Waals surface area contributed by atoms with Crippen molar-refractivity contribution in [3.05, 3.63) is 93.2 Å². The van der Waals surface area contributed by atoms with Crippen LogP contribution in [0.4, 0.5) is 0 Å². The molecule has 0 aliphatic heterocycles. The summed E-state index contributed by atoms with van der Waals surface area (Å²) in [5.74, 6) is -0.131. The molecule has 0 saturated carbocycles. The standard InChI is InChI=1S/C24H25N5O2/c1-16-8-9-19(12-18(16)3)23(30)25-10-11-29-22-21(13-27-29)24(31)28(15-26-22)14-20-7-5-4-6-17(20)2/h4-9,12-13,15H,10-11,14H2,1-3H3,(H,25,30). The van der Waals surface area contributed by atoms with Gasteiger partial charge in [-0.25, -0.2) is 9.67 Å². The van der Waals surface area contributed by atoms with Crippen LogP contribution in [0.25, 0.3) is 11.0 Å². The number of aromatic nitrogens is 4. The van der Waals surface area contributed by atoms with Crippen molar-refractivity contribution >= 4 is 16.9 Å². The van der Waals surface area contributed by atoms with Gasteiger partial charge < -0.3 is 5.32 Å². The van der Waals surface area contributed by atoms with Gasteiger partial charge in [0.1, 0.15) is 11.7 Å². The number of fused-ring (bicyclic) bond motifs is 1. The van der Waals surface area contributed by atoms with E-state index in [-0.39, 0.29) is 11.5 Å². The first-order valence-corrected chi connectivity index (χ1v) is 10.2. The molecule has 158 valence electrons. The van der Waals surface area contributed by atoms with Crippen molar-refractivity contribution in [3.8, 4) is 0 Å². The van der Waals surface area contributed by atoms with Gasteiger partial charge in [-0.2, -0.15) is 5.10 Å². The topological polar surface area (TPSA) is 81.8 Å². The molecule has 2 aromatic carbocycles. The minimum atomic E-state index is -0.131. The fraction of sp³-hybridized carbons (Fsp3) is 0.250. The third kappa shape index (κ3) is 4.26. The summed E-state index contributed by atoms with van der Waals surface area (Å²) in [4.78, 5) is 29.7. The number of amides is 1. The predicted molar refractivity (Wildman–Crippen MR) is 120 cm³/mol. The summed E-state index contributed by atoms with van der Waals surface area (Å²) >= 11 is 0. The van der Waals surface area contributed by atoms with Crippen LogP contribution in [0.15, 0.2) is 59.8 Å². The molecule has 0 saturated heterocycles. The Kier molecular flexibility index (Phi) is 5.66. The maximum Gasteiger partial charge on any atom is 0.264 e. The third-order valence-electron chi connectivity index (χ3n) is 5.60. The first kappa shape index (κ1) is 20.5. The van der Waals surface area contributed by atoms with E-state index in [1.54, 1.807) is 21.8 Å². The molecule has 0 aliphatic rings. The van der Waals surface area contributed by atoms with E-state index >= 15 is 0 Å². The van der Waals surface area contributed by atoms with Crippen LogP contribution < -0.4 is 10.9 Å². The lowest BCUT2D eigenvalue weighted by molar-refractivity contribution is 0.0952. The molecule has 0 unspecified atom stereocenters. The predicted octanol–water partition coefficient (Wildman–Crippen LogP) is 3.00. The van der Waals surface area contributed by atoms with Gasteiger partial charge in [-0.1, -0.05) is 30.3 Å². The van der Waals surface area contributed by atoms with Gasteiger partial charge in [0.05, 0.1) is 19.3 Å². The van der Waals surface area contributed by atoms with Gasteiger partial charge in [0, 0.05) is 12.1 Å². The van der Waals surface area contributed by atoms with Crippen LogP contribution in [-0.4, -0.2) is 31.8 Å². The van der Waals surface area contributed by atoms with E-state index in [9.17, 15) is 9.59 Å². The van der Waals surface area contributed by atoms with Crippen molar-refractivity contribution in [1.82, 2.24) is 24.6 Å². The van der Waals surface area contributed by atoms with E-state index in [1.807, 2.05) is 63.2 Å². The molecule has 31 heavy (non-hydrogen) atoms. The number of carbonyl (C=O) groups is 1. The molecule has 4 rings (SSSR count). The number of nitrogens with one attached hydrogen (secondary N) is 1. The van der Waals surface area contributed by atoms with Gasteiger partial charge in [0.25, 0.3) is 11.5 Å². The molecule has 0 atom stereocenters. The summed E-state index contributed by atoms with van der Waals surface area (Å²) in [5.41, 5.74) is 5.46. The van der Waals surface area contributed by atoms with Crippen LogP contribution in [0.2, 0.25) is 0 Å². The summed E-state index contributed by atoms with van der Waals surface area (Å²) in [6.07, 6.45) is 3.10. The third-order valence-corrected chi connectivity index (χ3v) is 5.60. The highest BCUT2D eigenvalue weighted by molar-refractivity contribution is 5.94. The largest absolute Gasteiger partial charge is 0.350 e. The van der Waals surface area contributed by atoms with E-state index in [2.05, 4.69) is 15.4 Å². The van der Waals surface area contributed by atoms with Gasteiger partial charge >= 0.3 is 0 Å². The highest BCUT2D eigenvalue weighted by atomic mass is 16.1. The highest BCUT2D eigenvalue weighted by Crippen LogP contribution is 2.11. The van der Waals surface area contributed by atoms with Crippen molar-refractivity contribution in [3.63, 3.8) is 0 Å². The maximum absolute atomic E-state index is 12.9. The molecule has 4 aromatic rings. The minimum absolute atomic E-state index is 0.126. The van der Waals surface area contributed by atoms with Gasteiger partial charge in [-0.3, -0.25) is 14.2 Å². The van der Waals surface area contributed by atoms with Crippen molar-refractivity contribution in [1.29, 1.82) is 0 Å². The van der Waals surface area contributed by atoms with E-state index in [1.165, 1.54) is 0 Å². The molecule has 0 fully saturated rings. The second kappa shape index (κ2) is 8.55. The van der Waals surface area contributed by atoms with Crippen LogP contribution in [-0.2, 0) is 13.1 Å². The smallest absolute Gasteiger partial charge is 0.264 e. The Hall–Kier alpha value is -3.74. The molecule has 2 heterocycles. The van der Waals surface area contributed by atoms with Crippen LogP contribution >= 0.6 is 0 Å². The number of nitrogens with zero attached hydrogens (tertiary/aromatic N) is 4. The summed E-state index contributed by atoms with van der Waals surface area (Å²) in [6.45, 7) is 7.30. The number of carbonyl (C=O) groups excluding carboxylic acids is 1. The summed E-state index contributed by atoms with van der Waals surface area (Å²) in [5, 5.41) is 7.68. The zero-order chi connectivity index (χ0) is 22.0.